The normalized spacial score (nSPS) is 12.6. The first-order chi connectivity index (χ1) is 9.26. The number of benzene rings is 1. The van der Waals surface area contributed by atoms with Crippen LogP contribution in [0.15, 0.2) is 36.5 Å². The molecule has 19 heavy (non-hydrogen) atoms. The third kappa shape index (κ3) is 3.37. The standard InChI is InChI=1S/C15H20ClN3/c1-3-10-17-15(12-5-7-13(16)8-6-12)14-9-11-18-19(14)4-2/h5-9,11,15,17H,3-4,10H2,1-2H3. The fraction of sp³-hybridized carbons (Fsp3) is 0.400. The van der Waals surface area contributed by atoms with Crippen molar-refractivity contribution in [2.45, 2.75) is 32.9 Å². The maximum absolute atomic E-state index is 5.97. The van der Waals surface area contributed by atoms with Gasteiger partial charge in [-0.3, -0.25) is 4.68 Å². The van der Waals surface area contributed by atoms with Crippen molar-refractivity contribution in [1.82, 2.24) is 15.1 Å². The SMILES string of the molecule is CCCNC(c1ccc(Cl)cc1)c1ccnn1CC. The summed E-state index contributed by atoms with van der Waals surface area (Å²) in [6, 6.07) is 10.3. The first-order valence-electron chi connectivity index (χ1n) is 6.76. The van der Waals surface area contributed by atoms with Crippen LogP contribution in [0.2, 0.25) is 5.02 Å². The molecule has 0 amide bonds. The Hall–Kier alpha value is -1.32. The minimum absolute atomic E-state index is 0.166. The molecule has 2 aromatic rings. The third-order valence-electron chi connectivity index (χ3n) is 3.15. The zero-order valence-electron chi connectivity index (χ0n) is 11.4. The smallest absolute Gasteiger partial charge is 0.0748 e. The van der Waals surface area contributed by atoms with Crippen molar-refractivity contribution in [3.8, 4) is 0 Å². The number of halogens is 1. The number of nitrogens with zero attached hydrogens (tertiary/aromatic N) is 2. The van der Waals surface area contributed by atoms with E-state index in [0.29, 0.717) is 0 Å². The predicted octanol–water partition coefficient (Wildman–Crippen LogP) is 3.65. The van der Waals surface area contributed by atoms with Crippen LogP contribution in [0.5, 0.6) is 0 Å². The highest BCUT2D eigenvalue weighted by Gasteiger charge is 2.17. The molecule has 2 rings (SSSR count). The van der Waals surface area contributed by atoms with Crippen molar-refractivity contribution < 1.29 is 0 Å². The van der Waals surface area contributed by atoms with E-state index < -0.39 is 0 Å². The monoisotopic (exact) mass is 277 g/mol. The molecule has 4 heteroatoms. The van der Waals surface area contributed by atoms with Crippen molar-refractivity contribution in [2.75, 3.05) is 6.54 Å². The molecule has 1 aromatic carbocycles. The summed E-state index contributed by atoms with van der Waals surface area (Å²) in [5, 5.41) is 8.70. The number of aromatic nitrogens is 2. The highest BCUT2D eigenvalue weighted by Crippen LogP contribution is 2.23. The Balaban J connectivity index is 2.32. The average Bonchev–Trinajstić information content (AvgIpc) is 2.89. The second kappa shape index (κ2) is 6.73. The lowest BCUT2D eigenvalue weighted by molar-refractivity contribution is 0.530. The van der Waals surface area contributed by atoms with E-state index in [4.69, 9.17) is 11.6 Å². The molecule has 102 valence electrons. The number of hydrogen-bond donors (Lipinski definition) is 1. The van der Waals surface area contributed by atoms with Gasteiger partial charge in [-0.2, -0.15) is 5.10 Å². The van der Waals surface area contributed by atoms with E-state index in [2.05, 4.69) is 42.5 Å². The lowest BCUT2D eigenvalue weighted by Gasteiger charge is -2.20. The van der Waals surface area contributed by atoms with E-state index in [9.17, 15) is 0 Å². The maximum atomic E-state index is 5.97. The van der Waals surface area contributed by atoms with Gasteiger partial charge in [0.1, 0.15) is 0 Å². The molecule has 1 unspecified atom stereocenters. The zero-order chi connectivity index (χ0) is 13.7. The molecule has 1 N–H and O–H groups in total. The second-order valence-corrected chi connectivity index (χ2v) is 4.95. The summed E-state index contributed by atoms with van der Waals surface area (Å²) in [6.45, 7) is 6.13. The van der Waals surface area contributed by atoms with Crippen molar-refractivity contribution in [2.24, 2.45) is 0 Å². The van der Waals surface area contributed by atoms with E-state index in [1.807, 2.05) is 23.0 Å². The van der Waals surface area contributed by atoms with Crippen LogP contribution < -0.4 is 5.32 Å². The van der Waals surface area contributed by atoms with Crippen LogP contribution in [0, 0.1) is 0 Å². The number of aryl methyl sites for hydroxylation is 1. The summed E-state index contributed by atoms with van der Waals surface area (Å²) in [7, 11) is 0. The van der Waals surface area contributed by atoms with Crippen molar-refractivity contribution in [1.29, 1.82) is 0 Å². The summed E-state index contributed by atoms with van der Waals surface area (Å²) >= 11 is 5.97. The molecule has 0 spiro atoms. The Kier molecular flexibility index (Phi) is 5.00. The van der Waals surface area contributed by atoms with Crippen LogP contribution in [-0.4, -0.2) is 16.3 Å². The Morgan fingerprint density at radius 1 is 1.21 bits per heavy atom. The molecule has 0 aliphatic carbocycles. The zero-order valence-corrected chi connectivity index (χ0v) is 12.2. The van der Waals surface area contributed by atoms with Gasteiger partial charge in [0, 0.05) is 17.8 Å². The summed E-state index contributed by atoms with van der Waals surface area (Å²) in [5.41, 5.74) is 2.41. The maximum Gasteiger partial charge on any atom is 0.0748 e. The van der Waals surface area contributed by atoms with Gasteiger partial charge in [-0.25, -0.2) is 0 Å². The molecule has 0 radical (unpaired) electrons. The van der Waals surface area contributed by atoms with Gasteiger partial charge in [0.2, 0.25) is 0 Å². The molecule has 0 saturated heterocycles. The van der Waals surface area contributed by atoms with Gasteiger partial charge in [-0.05, 0) is 43.7 Å². The van der Waals surface area contributed by atoms with Gasteiger partial charge < -0.3 is 5.32 Å². The Bertz CT molecular complexity index is 504. The fourth-order valence-corrected chi connectivity index (χ4v) is 2.32. The average molecular weight is 278 g/mol. The minimum Gasteiger partial charge on any atom is -0.305 e. The van der Waals surface area contributed by atoms with Crippen molar-refractivity contribution >= 4 is 11.6 Å². The van der Waals surface area contributed by atoms with Crippen LogP contribution in [0.1, 0.15) is 37.6 Å². The molecule has 3 nitrogen and oxygen atoms in total. The van der Waals surface area contributed by atoms with Crippen LogP contribution in [0.4, 0.5) is 0 Å². The molecule has 0 aliphatic rings. The molecule has 0 saturated carbocycles. The minimum atomic E-state index is 0.166. The van der Waals surface area contributed by atoms with E-state index in [-0.39, 0.29) is 6.04 Å². The van der Waals surface area contributed by atoms with Gasteiger partial charge in [-0.15, -0.1) is 0 Å². The van der Waals surface area contributed by atoms with Crippen LogP contribution >= 0.6 is 11.6 Å². The van der Waals surface area contributed by atoms with Gasteiger partial charge in [0.15, 0.2) is 0 Å². The lowest BCUT2D eigenvalue weighted by Crippen LogP contribution is -2.25. The molecule has 0 bridgehead atoms. The number of nitrogens with one attached hydrogen (secondary N) is 1. The van der Waals surface area contributed by atoms with Crippen molar-refractivity contribution in [3.63, 3.8) is 0 Å². The first kappa shape index (κ1) is 14.1. The number of rotatable bonds is 6. The van der Waals surface area contributed by atoms with Crippen molar-refractivity contribution in [3.05, 3.63) is 52.8 Å². The number of hydrogen-bond acceptors (Lipinski definition) is 2. The van der Waals surface area contributed by atoms with Crippen LogP contribution in [-0.2, 0) is 6.54 Å². The Morgan fingerprint density at radius 2 is 1.95 bits per heavy atom. The second-order valence-electron chi connectivity index (χ2n) is 4.51. The van der Waals surface area contributed by atoms with E-state index in [1.54, 1.807) is 0 Å². The highest BCUT2D eigenvalue weighted by atomic mass is 35.5. The van der Waals surface area contributed by atoms with E-state index in [1.165, 1.54) is 11.3 Å². The lowest BCUT2D eigenvalue weighted by atomic mass is 10.0. The molecular weight excluding hydrogens is 258 g/mol. The molecule has 1 atom stereocenters. The van der Waals surface area contributed by atoms with E-state index >= 15 is 0 Å². The summed E-state index contributed by atoms with van der Waals surface area (Å²) < 4.78 is 2.03. The van der Waals surface area contributed by atoms with Crippen LogP contribution in [0.25, 0.3) is 0 Å². The largest absolute Gasteiger partial charge is 0.305 e. The van der Waals surface area contributed by atoms with Gasteiger partial charge in [0.25, 0.3) is 0 Å². The van der Waals surface area contributed by atoms with E-state index in [0.717, 1.165) is 24.5 Å². The predicted molar refractivity (Wildman–Crippen MR) is 79.5 cm³/mol. The highest BCUT2D eigenvalue weighted by molar-refractivity contribution is 6.30. The summed E-state index contributed by atoms with van der Waals surface area (Å²) in [6.07, 6.45) is 2.96. The third-order valence-corrected chi connectivity index (χ3v) is 3.40. The summed E-state index contributed by atoms with van der Waals surface area (Å²) in [5.74, 6) is 0. The van der Waals surface area contributed by atoms with Gasteiger partial charge >= 0.3 is 0 Å². The molecule has 0 aliphatic heterocycles. The van der Waals surface area contributed by atoms with Gasteiger partial charge in [-0.1, -0.05) is 30.7 Å². The topological polar surface area (TPSA) is 29.9 Å². The molecular formula is C15H20ClN3. The fourth-order valence-electron chi connectivity index (χ4n) is 2.19. The quantitative estimate of drug-likeness (QED) is 0.874. The summed E-state index contributed by atoms with van der Waals surface area (Å²) in [4.78, 5) is 0. The first-order valence-corrected chi connectivity index (χ1v) is 7.14. The molecule has 0 fully saturated rings. The molecule has 1 heterocycles. The Morgan fingerprint density at radius 3 is 2.58 bits per heavy atom. The Labute approximate surface area is 119 Å². The molecule has 1 aromatic heterocycles. The van der Waals surface area contributed by atoms with Crippen LogP contribution in [0.3, 0.4) is 0 Å². The van der Waals surface area contributed by atoms with Gasteiger partial charge in [0.05, 0.1) is 11.7 Å².